The molecule has 1 unspecified atom stereocenters. The molecule has 1 aromatic carbocycles. The third-order valence-electron chi connectivity index (χ3n) is 3.50. The maximum absolute atomic E-state index is 9.96. The molecule has 1 saturated heterocycles. The van der Waals surface area contributed by atoms with Gasteiger partial charge in [0.05, 0.1) is 5.52 Å². The molecule has 1 aliphatic heterocycles. The summed E-state index contributed by atoms with van der Waals surface area (Å²) in [5.74, 6) is 1.29. The van der Waals surface area contributed by atoms with Crippen LogP contribution < -0.4 is 5.32 Å². The lowest BCUT2D eigenvalue weighted by molar-refractivity contribution is 0.469. The number of rotatable bonds is 2. The lowest BCUT2D eigenvalue weighted by Crippen LogP contribution is -2.27. The molecule has 1 atom stereocenters. The molecule has 1 fully saturated rings. The van der Waals surface area contributed by atoms with Gasteiger partial charge in [0.25, 0.3) is 0 Å². The van der Waals surface area contributed by atoms with Crippen LogP contribution in [0.4, 0.5) is 0 Å². The SMILES string of the molecule is Cc1nc2cccc(O)c2n1CC1CCCN1. The number of benzene rings is 1. The Kier molecular flexibility index (Phi) is 2.52. The highest BCUT2D eigenvalue weighted by Crippen LogP contribution is 2.26. The average Bonchev–Trinajstić information content (AvgIpc) is 2.89. The van der Waals surface area contributed by atoms with Gasteiger partial charge in [0.2, 0.25) is 0 Å². The van der Waals surface area contributed by atoms with Crippen LogP contribution in [0, 0.1) is 6.92 Å². The quantitative estimate of drug-likeness (QED) is 0.828. The zero-order valence-corrected chi connectivity index (χ0v) is 9.98. The third kappa shape index (κ3) is 1.78. The predicted molar refractivity (Wildman–Crippen MR) is 67.2 cm³/mol. The zero-order valence-electron chi connectivity index (χ0n) is 9.98. The monoisotopic (exact) mass is 231 g/mol. The van der Waals surface area contributed by atoms with E-state index >= 15 is 0 Å². The number of para-hydroxylation sites is 1. The van der Waals surface area contributed by atoms with Gasteiger partial charge in [-0.25, -0.2) is 4.98 Å². The minimum Gasteiger partial charge on any atom is -0.506 e. The molecule has 1 aliphatic rings. The van der Waals surface area contributed by atoms with Gasteiger partial charge in [-0.05, 0) is 38.4 Å². The Balaban J connectivity index is 2.04. The summed E-state index contributed by atoms with van der Waals surface area (Å²) in [6.45, 7) is 3.98. The van der Waals surface area contributed by atoms with Crippen molar-refractivity contribution in [1.82, 2.24) is 14.9 Å². The molecule has 0 amide bonds. The molecule has 0 spiro atoms. The second-order valence-corrected chi connectivity index (χ2v) is 4.71. The summed E-state index contributed by atoms with van der Waals surface area (Å²) in [6.07, 6.45) is 2.44. The van der Waals surface area contributed by atoms with Crippen molar-refractivity contribution in [3.05, 3.63) is 24.0 Å². The van der Waals surface area contributed by atoms with E-state index < -0.39 is 0 Å². The standard InChI is InChI=1S/C13H17N3O/c1-9-15-11-5-2-6-12(17)13(11)16(9)8-10-4-3-7-14-10/h2,5-6,10,14,17H,3-4,7-8H2,1H3. The molecule has 0 radical (unpaired) electrons. The van der Waals surface area contributed by atoms with E-state index in [1.54, 1.807) is 6.07 Å². The van der Waals surface area contributed by atoms with Crippen LogP contribution in [0.15, 0.2) is 18.2 Å². The van der Waals surface area contributed by atoms with Gasteiger partial charge in [0.1, 0.15) is 17.1 Å². The van der Waals surface area contributed by atoms with Gasteiger partial charge in [-0.2, -0.15) is 0 Å². The second kappa shape index (κ2) is 4.04. The summed E-state index contributed by atoms with van der Waals surface area (Å²) in [4.78, 5) is 4.49. The molecule has 90 valence electrons. The van der Waals surface area contributed by atoms with E-state index in [-0.39, 0.29) is 0 Å². The lowest BCUT2D eigenvalue weighted by atomic mass is 10.2. The number of aryl methyl sites for hydroxylation is 1. The van der Waals surface area contributed by atoms with Crippen LogP contribution in [0.1, 0.15) is 18.7 Å². The number of fused-ring (bicyclic) bond motifs is 1. The molecule has 3 rings (SSSR count). The largest absolute Gasteiger partial charge is 0.506 e. The topological polar surface area (TPSA) is 50.1 Å². The van der Waals surface area contributed by atoms with Crippen molar-refractivity contribution in [3.8, 4) is 5.75 Å². The Hall–Kier alpha value is -1.55. The molecule has 17 heavy (non-hydrogen) atoms. The molecular formula is C13H17N3O. The van der Waals surface area contributed by atoms with E-state index in [9.17, 15) is 5.11 Å². The number of hydrogen-bond donors (Lipinski definition) is 2. The van der Waals surface area contributed by atoms with Crippen LogP contribution in [0.25, 0.3) is 11.0 Å². The van der Waals surface area contributed by atoms with Crippen LogP contribution in [-0.4, -0.2) is 27.2 Å². The van der Waals surface area contributed by atoms with Crippen molar-refractivity contribution in [1.29, 1.82) is 0 Å². The summed E-state index contributed by atoms with van der Waals surface area (Å²) in [6, 6.07) is 6.01. The van der Waals surface area contributed by atoms with E-state index in [0.717, 1.165) is 29.9 Å². The van der Waals surface area contributed by atoms with Crippen molar-refractivity contribution in [2.45, 2.75) is 32.4 Å². The molecule has 0 bridgehead atoms. The normalized spacial score (nSPS) is 20.2. The molecule has 2 aromatic rings. The van der Waals surface area contributed by atoms with Crippen LogP contribution in [0.5, 0.6) is 5.75 Å². The predicted octanol–water partition coefficient (Wildman–Crippen LogP) is 1.80. The van der Waals surface area contributed by atoms with E-state index in [0.29, 0.717) is 11.8 Å². The van der Waals surface area contributed by atoms with E-state index in [2.05, 4.69) is 14.9 Å². The summed E-state index contributed by atoms with van der Waals surface area (Å²) in [5.41, 5.74) is 1.74. The fourth-order valence-corrected chi connectivity index (χ4v) is 2.64. The molecule has 1 aromatic heterocycles. The minimum absolute atomic E-state index is 0.320. The number of hydrogen-bond acceptors (Lipinski definition) is 3. The van der Waals surface area contributed by atoms with Crippen molar-refractivity contribution < 1.29 is 5.11 Å². The zero-order chi connectivity index (χ0) is 11.8. The van der Waals surface area contributed by atoms with E-state index in [1.807, 2.05) is 19.1 Å². The number of aromatic nitrogens is 2. The lowest BCUT2D eigenvalue weighted by Gasteiger charge is -2.13. The summed E-state index contributed by atoms with van der Waals surface area (Å²) in [5, 5.41) is 13.4. The van der Waals surface area contributed by atoms with Gasteiger partial charge < -0.3 is 15.0 Å². The maximum Gasteiger partial charge on any atom is 0.141 e. The number of phenolic OH excluding ortho intramolecular Hbond substituents is 1. The van der Waals surface area contributed by atoms with Gasteiger partial charge in [-0.1, -0.05) is 6.07 Å². The summed E-state index contributed by atoms with van der Waals surface area (Å²) >= 11 is 0. The van der Waals surface area contributed by atoms with Crippen molar-refractivity contribution in [3.63, 3.8) is 0 Å². The first-order valence-corrected chi connectivity index (χ1v) is 6.14. The molecule has 0 saturated carbocycles. The van der Waals surface area contributed by atoms with Crippen LogP contribution >= 0.6 is 0 Å². The highest BCUT2D eigenvalue weighted by Gasteiger charge is 2.18. The highest BCUT2D eigenvalue weighted by atomic mass is 16.3. The Bertz CT molecular complexity index is 541. The molecule has 2 N–H and O–H groups in total. The van der Waals surface area contributed by atoms with Crippen molar-refractivity contribution >= 4 is 11.0 Å². The number of phenols is 1. The van der Waals surface area contributed by atoms with Gasteiger partial charge in [0, 0.05) is 12.6 Å². The fourth-order valence-electron chi connectivity index (χ4n) is 2.64. The third-order valence-corrected chi connectivity index (χ3v) is 3.50. The minimum atomic E-state index is 0.320. The summed E-state index contributed by atoms with van der Waals surface area (Å²) in [7, 11) is 0. The maximum atomic E-state index is 9.96. The molecule has 4 nitrogen and oxygen atoms in total. The number of nitrogens with one attached hydrogen (secondary N) is 1. The molecular weight excluding hydrogens is 214 g/mol. The van der Waals surface area contributed by atoms with E-state index in [1.165, 1.54) is 12.8 Å². The van der Waals surface area contributed by atoms with Crippen LogP contribution in [0.2, 0.25) is 0 Å². The van der Waals surface area contributed by atoms with Gasteiger partial charge >= 0.3 is 0 Å². The number of aromatic hydroxyl groups is 1. The summed E-state index contributed by atoms with van der Waals surface area (Å²) < 4.78 is 2.12. The van der Waals surface area contributed by atoms with Gasteiger partial charge in [0.15, 0.2) is 0 Å². The number of nitrogens with zero attached hydrogens (tertiary/aromatic N) is 2. The molecule has 4 heteroatoms. The second-order valence-electron chi connectivity index (χ2n) is 4.71. The van der Waals surface area contributed by atoms with Gasteiger partial charge in [-0.3, -0.25) is 0 Å². The Labute approximate surface area is 100 Å². The van der Waals surface area contributed by atoms with Crippen molar-refractivity contribution in [2.24, 2.45) is 0 Å². The first kappa shape index (κ1) is 10.6. The van der Waals surface area contributed by atoms with Crippen LogP contribution in [-0.2, 0) is 6.54 Å². The smallest absolute Gasteiger partial charge is 0.141 e. The first-order valence-electron chi connectivity index (χ1n) is 6.14. The van der Waals surface area contributed by atoms with Crippen LogP contribution in [0.3, 0.4) is 0 Å². The van der Waals surface area contributed by atoms with E-state index in [4.69, 9.17) is 0 Å². The molecule has 2 heterocycles. The Morgan fingerprint density at radius 3 is 3.18 bits per heavy atom. The number of imidazole rings is 1. The molecule has 0 aliphatic carbocycles. The Morgan fingerprint density at radius 2 is 2.41 bits per heavy atom. The first-order chi connectivity index (χ1) is 8.25. The Morgan fingerprint density at radius 1 is 1.53 bits per heavy atom. The average molecular weight is 231 g/mol. The fraction of sp³-hybridized carbons (Fsp3) is 0.462. The van der Waals surface area contributed by atoms with Crippen molar-refractivity contribution in [2.75, 3.05) is 6.54 Å². The van der Waals surface area contributed by atoms with Gasteiger partial charge in [-0.15, -0.1) is 0 Å². The highest BCUT2D eigenvalue weighted by molar-refractivity contribution is 5.82.